The molecule has 132 valence electrons. The first-order chi connectivity index (χ1) is 12.2. The average molecular weight is 338 g/mol. The molecule has 1 amide bonds. The van der Waals surface area contributed by atoms with Crippen LogP contribution in [0.2, 0.25) is 0 Å². The Labute approximate surface area is 149 Å². The molecule has 2 aromatic carbocycles. The lowest BCUT2D eigenvalue weighted by Crippen LogP contribution is -2.54. The zero-order valence-electron chi connectivity index (χ0n) is 14.7. The van der Waals surface area contributed by atoms with Gasteiger partial charge in [-0.2, -0.15) is 0 Å². The van der Waals surface area contributed by atoms with E-state index in [1.807, 2.05) is 36.4 Å². The second kappa shape index (κ2) is 8.67. The SMILES string of the molecule is CC(Cc1ccccc1)NC1CC(NC(=O)OCc2ccccc2)C1. The number of nitrogens with one attached hydrogen (secondary N) is 2. The smallest absolute Gasteiger partial charge is 0.407 e. The van der Waals surface area contributed by atoms with Crippen LogP contribution in [-0.4, -0.2) is 24.2 Å². The molecule has 4 heteroatoms. The van der Waals surface area contributed by atoms with Gasteiger partial charge in [0.15, 0.2) is 0 Å². The van der Waals surface area contributed by atoms with Crippen LogP contribution in [-0.2, 0) is 17.8 Å². The summed E-state index contributed by atoms with van der Waals surface area (Å²) in [5.74, 6) is 0. The molecule has 2 aromatic rings. The maximum absolute atomic E-state index is 11.8. The summed E-state index contributed by atoms with van der Waals surface area (Å²) in [6.07, 6.45) is 2.61. The molecule has 1 atom stereocenters. The van der Waals surface area contributed by atoms with Gasteiger partial charge in [-0.3, -0.25) is 0 Å². The Kier molecular flexibility index (Phi) is 6.07. The van der Waals surface area contributed by atoms with Gasteiger partial charge in [-0.1, -0.05) is 60.7 Å². The number of carbonyl (C=O) groups excluding carboxylic acids is 1. The molecule has 4 nitrogen and oxygen atoms in total. The number of amides is 1. The van der Waals surface area contributed by atoms with E-state index in [9.17, 15) is 4.79 Å². The van der Waals surface area contributed by atoms with Gasteiger partial charge in [0, 0.05) is 18.1 Å². The van der Waals surface area contributed by atoms with Crippen LogP contribution in [0.25, 0.3) is 0 Å². The summed E-state index contributed by atoms with van der Waals surface area (Å²) >= 11 is 0. The molecule has 0 aromatic heterocycles. The van der Waals surface area contributed by atoms with Crippen LogP contribution < -0.4 is 10.6 Å². The molecule has 1 unspecified atom stereocenters. The summed E-state index contributed by atoms with van der Waals surface area (Å²) in [5, 5.41) is 6.57. The van der Waals surface area contributed by atoms with Crippen molar-refractivity contribution in [1.29, 1.82) is 0 Å². The minimum atomic E-state index is -0.329. The summed E-state index contributed by atoms with van der Waals surface area (Å²) in [6, 6.07) is 21.4. The highest BCUT2D eigenvalue weighted by molar-refractivity contribution is 5.67. The predicted octanol–water partition coefficient (Wildman–Crippen LogP) is 3.66. The van der Waals surface area contributed by atoms with Crippen molar-refractivity contribution >= 4 is 6.09 Å². The lowest BCUT2D eigenvalue weighted by Gasteiger charge is -2.37. The minimum absolute atomic E-state index is 0.213. The molecule has 0 radical (unpaired) electrons. The van der Waals surface area contributed by atoms with Crippen molar-refractivity contribution in [3.63, 3.8) is 0 Å². The molecule has 0 spiro atoms. The van der Waals surface area contributed by atoms with E-state index < -0.39 is 0 Å². The largest absolute Gasteiger partial charge is 0.445 e. The van der Waals surface area contributed by atoms with Crippen molar-refractivity contribution in [2.24, 2.45) is 0 Å². The first-order valence-electron chi connectivity index (χ1n) is 8.96. The van der Waals surface area contributed by atoms with Crippen LogP contribution in [0.4, 0.5) is 4.79 Å². The van der Waals surface area contributed by atoms with Gasteiger partial charge in [0.25, 0.3) is 0 Å². The van der Waals surface area contributed by atoms with Crippen LogP contribution in [0, 0.1) is 0 Å². The fourth-order valence-electron chi connectivity index (χ4n) is 3.23. The second-order valence-corrected chi connectivity index (χ2v) is 6.83. The standard InChI is InChI=1S/C21H26N2O2/c1-16(12-17-8-4-2-5-9-17)22-19-13-20(14-19)23-21(24)25-15-18-10-6-3-7-11-18/h2-11,16,19-20,22H,12-15H2,1H3,(H,23,24). The quantitative estimate of drug-likeness (QED) is 0.810. The summed E-state index contributed by atoms with van der Waals surface area (Å²) < 4.78 is 5.26. The summed E-state index contributed by atoms with van der Waals surface area (Å²) in [6.45, 7) is 2.52. The Hall–Kier alpha value is -2.33. The zero-order valence-corrected chi connectivity index (χ0v) is 14.7. The van der Waals surface area contributed by atoms with Gasteiger partial charge in [-0.25, -0.2) is 4.79 Å². The molecule has 2 N–H and O–H groups in total. The molecular weight excluding hydrogens is 312 g/mol. The molecule has 0 aliphatic heterocycles. The molecule has 3 rings (SSSR count). The molecule has 0 bridgehead atoms. The van der Waals surface area contributed by atoms with Crippen LogP contribution in [0.15, 0.2) is 60.7 Å². The van der Waals surface area contributed by atoms with Gasteiger partial charge in [-0.05, 0) is 37.3 Å². The molecule has 0 saturated heterocycles. The maximum Gasteiger partial charge on any atom is 0.407 e. The Balaban J connectivity index is 1.30. The highest BCUT2D eigenvalue weighted by Gasteiger charge is 2.31. The van der Waals surface area contributed by atoms with E-state index in [0.717, 1.165) is 24.8 Å². The Morgan fingerprint density at radius 1 is 1.00 bits per heavy atom. The zero-order chi connectivity index (χ0) is 17.5. The molecule has 1 aliphatic carbocycles. The molecule has 1 aliphatic rings. The van der Waals surface area contributed by atoms with Gasteiger partial charge in [0.2, 0.25) is 0 Å². The highest BCUT2D eigenvalue weighted by atomic mass is 16.5. The minimum Gasteiger partial charge on any atom is -0.445 e. The van der Waals surface area contributed by atoms with Gasteiger partial charge in [-0.15, -0.1) is 0 Å². The first kappa shape index (κ1) is 17.5. The lowest BCUT2D eigenvalue weighted by molar-refractivity contribution is 0.124. The van der Waals surface area contributed by atoms with Crippen LogP contribution in [0.5, 0.6) is 0 Å². The molecule has 25 heavy (non-hydrogen) atoms. The van der Waals surface area contributed by atoms with Crippen molar-refractivity contribution in [2.75, 3.05) is 0 Å². The highest BCUT2D eigenvalue weighted by Crippen LogP contribution is 2.21. The normalized spacial score (nSPS) is 20.4. The first-order valence-corrected chi connectivity index (χ1v) is 8.96. The molecule has 1 fully saturated rings. The monoisotopic (exact) mass is 338 g/mol. The van der Waals surface area contributed by atoms with E-state index in [2.05, 4.69) is 41.8 Å². The maximum atomic E-state index is 11.8. The van der Waals surface area contributed by atoms with Crippen LogP contribution >= 0.6 is 0 Å². The Morgan fingerprint density at radius 2 is 1.60 bits per heavy atom. The van der Waals surface area contributed by atoms with Crippen molar-refractivity contribution in [3.05, 3.63) is 71.8 Å². The lowest BCUT2D eigenvalue weighted by atomic mass is 9.86. The third kappa shape index (κ3) is 5.61. The third-order valence-electron chi connectivity index (χ3n) is 4.58. The third-order valence-corrected chi connectivity index (χ3v) is 4.58. The number of rotatable bonds is 7. The Morgan fingerprint density at radius 3 is 2.24 bits per heavy atom. The van der Waals surface area contributed by atoms with Crippen LogP contribution in [0.3, 0.4) is 0 Å². The number of benzene rings is 2. The van der Waals surface area contributed by atoms with Crippen molar-refractivity contribution in [2.45, 2.75) is 50.9 Å². The molecule has 0 heterocycles. The summed E-state index contributed by atoms with van der Waals surface area (Å²) in [5.41, 5.74) is 2.35. The van der Waals surface area contributed by atoms with E-state index >= 15 is 0 Å². The van der Waals surface area contributed by atoms with Gasteiger partial charge in [0.1, 0.15) is 6.61 Å². The predicted molar refractivity (Wildman–Crippen MR) is 99.3 cm³/mol. The topological polar surface area (TPSA) is 50.4 Å². The van der Waals surface area contributed by atoms with Gasteiger partial charge < -0.3 is 15.4 Å². The number of ether oxygens (including phenoxy) is 1. The number of carbonyl (C=O) groups is 1. The molecular formula is C21H26N2O2. The fourth-order valence-corrected chi connectivity index (χ4v) is 3.23. The van der Waals surface area contributed by atoms with Crippen molar-refractivity contribution < 1.29 is 9.53 Å². The van der Waals surface area contributed by atoms with Gasteiger partial charge >= 0.3 is 6.09 Å². The van der Waals surface area contributed by atoms with E-state index in [1.165, 1.54) is 5.56 Å². The van der Waals surface area contributed by atoms with Gasteiger partial charge in [0.05, 0.1) is 0 Å². The Bertz CT molecular complexity index is 654. The fraction of sp³-hybridized carbons (Fsp3) is 0.381. The van der Waals surface area contributed by atoms with Crippen LogP contribution in [0.1, 0.15) is 30.9 Å². The van der Waals surface area contributed by atoms with Crippen molar-refractivity contribution in [3.8, 4) is 0 Å². The van der Waals surface area contributed by atoms with Crippen molar-refractivity contribution in [1.82, 2.24) is 10.6 Å². The number of hydrogen-bond acceptors (Lipinski definition) is 3. The number of alkyl carbamates (subject to hydrolysis) is 1. The summed E-state index contributed by atoms with van der Waals surface area (Å²) in [7, 11) is 0. The summed E-state index contributed by atoms with van der Waals surface area (Å²) in [4.78, 5) is 11.8. The number of hydrogen-bond donors (Lipinski definition) is 2. The second-order valence-electron chi connectivity index (χ2n) is 6.83. The van der Waals surface area contributed by atoms with E-state index in [0.29, 0.717) is 18.7 Å². The van der Waals surface area contributed by atoms with E-state index in [1.54, 1.807) is 0 Å². The van der Waals surface area contributed by atoms with E-state index in [-0.39, 0.29) is 12.1 Å². The van der Waals surface area contributed by atoms with E-state index in [4.69, 9.17) is 4.74 Å². The molecule has 1 saturated carbocycles. The average Bonchev–Trinajstić information content (AvgIpc) is 2.60.